The fourth-order valence-electron chi connectivity index (χ4n) is 9.45. The molecule has 0 aliphatic carbocycles. The Balaban J connectivity index is 1.27. The summed E-state index contributed by atoms with van der Waals surface area (Å²) in [6.45, 7) is 0.0517. The lowest BCUT2D eigenvalue weighted by atomic mass is 9.45. The van der Waals surface area contributed by atoms with E-state index in [-0.39, 0.29) is 12.9 Å². The number of hydrogen-bond acceptors (Lipinski definition) is 4. The Hall–Kier alpha value is -4.91. The van der Waals surface area contributed by atoms with Crippen molar-refractivity contribution in [2.45, 2.75) is 16.2 Å². The minimum absolute atomic E-state index is 0.0517. The number of anilines is 2. The van der Waals surface area contributed by atoms with Crippen LogP contribution in [-0.2, 0) is 0 Å². The first-order valence-electron chi connectivity index (χ1n) is 16.0. The topological polar surface area (TPSA) is 21.3 Å². The average Bonchev–Trinajstić information content (AvgIpc) is 3.89. The molecule has 0 fully saturated rings. The van der Waals surface area contributed by atoms with Crippen LogP contribution in [0.5, 0.6) is 0 Å². The van der Waals surface area contributed by atoms with Gasteiger partial charge in [-0.25, -0.2) is 0 Å². The number of thioether (sulfide) groups is 1. The highest BCUT2D eigenvalue weighted by atomic mass is 32.2. The molecule has 2 unspecified atom stereocenters. The third-order valence-electron chi connectivity index (χ3n) is 11.1. The molecule has 7 heterocycles. The van der Waals surface area contributed by atoms with Crippen molar-refractivity contribution in [2.24, 2.45) is 0 Å². The predicted octanol–water partition coefficient (Wildman–Crippen LogP) is 9.90. The van der Waals surface area contributed by atoms with Crippen molar-refractivity contribution < 1.29 is 4.42 Å². The van der Waals surface area contributed by atoms with Crippen LogP contribution in [0.3, 0.4) is 0 Å². The minimum atomic E-state index is 0.0517. The van der Waals surface area contributed by atoms with E-state index < -0.39 is 0 Å². The number of rotatable bonds is 0. The van der Waals surface area contributed by atoms with Gasteiger partial charge in [-0.15, -0.1) is 23.1 Å². The highest BCUT2D eigenvalue weighted by Crippen LogP contribution is 2.65. The monoisotopic (exact) mass is 620 g/mol. The van der Waals surface area contributed by atoms with Gasteiger partial charge in [0.2, 0.25) is 0 Å². The first-order chi connectivity index (χ1) is 22.8. The van der Waals surface area contributed by atoms with Crippen molar-refractivity contribution >= 4 is 105 Å². The molecule has 9 aromatic rings. The van der Waals surface area contributed by atoms with Crippen molar-refractivity contribution in [3.05, 3.63) is 126 Å². The lowest BCUT2D eigenvalue weighted by molar-refractivity contribution is 0.662. The van der Waals surface area contributed by atoms with E-state index in [0.717, 1.165) is 11.2 Å². The highest BCUT2D eigenvalue weighted by molar-refractivity contribution is 8.00. The number of para-hydroxylation sites is 3. The van der Waals surface area contributed by atoms with E-state index in [1.807, 2.05) is 23.1 Å². The summed E-state index contributed by atoms with van der Waals surface area (Å²) in [6, 6.07) is 43.3. The van der Waals surface area contributed by atoms with Gasteiger partial charge in [-0.2, -0.15) is 0 Å². The summed E-state index contributed by atoms with van der Waals surface area (Å²) in [5.41, 5.74) is 14.3. The van der Waals surface area contributed by atoms with E-state index >= 15 is 0 Å². The smallest absolute Gasteiger partial charge is 0.333 e. The molecule has 4 aliphatic rings. The molecule has 3 aromatic heterocycles. The van der Waals surface area contributed by atoms with Crippen LogP contribution < -0.4 is 15.8 Å². The van der Waals surface area contributed by atoms with Crippen LogP contribution in [0, 0.1) is 0 Å². The molecule has 3 nitrogen and oxygen atoms in total. The van der Waals surface area contributed by atoms with Crippen molar-refractivity contribution in [1.29, 1.82) is 0 Å². The number of furan rings is 1. The first-order valence-corrected chi connectivity index (χ1v) is 17.6. The zero-order valence-electron chi connectivity index (χ0n) is 24.3. The Morgan fingerprint density at radius 3 is 2.46 bits per heavy atom. The Morgan fingerprint density at radius 2 is 1.48 bits per heavy atom. The van der Waals surface area contributed by atoms with Gasteiger partial charge in [0.15, 0.2) is 5.58 Å². The van der Waals surface area contributed by atoms with Crippen LogP contribution in [-0.4, -0.2) is 11.3 Å². The van der Waals surface area contributed by atoms with Gasteiger partial charge in [0.1, 0.15) is 5.58 Å². The molecule has 4 aliphatic heterocycles. The second-order valence-corrected chi connectivity index (χ2v) is 15.3. The molecule has 13 rings (SSSR count). The van der Waals surface area contributed by atoms with Crippen LogP contribution in [0.1, 0.15) is 22.4 Å². The summed E-state index contributed by atoms with van der Waals surface area (Å²) >= 11 is 3.97. The van der Waals surface area contributed by atoms with E-state index in [1.165, 1.54) is 91.4 Å². The zero-order valence-corrected chi connectivity index (χ0v) is 26.0. The van der Waals surface area contributed by atoms with Crippen LogP contribution >= 0.6 is 23.1 Å². The molecule has 212 valence electrons. The Morgan fingerprint density at radius 1 is 0.674 bits per heavy atom. The second kappa shape index (κ2) is 7.72. The van der Waals surface area contributed by atoms with Gasteiger partial charge in [0.25, 0.3) is 0 Å². The van der Waals surface area contributed by atoms with Crippen molar-refractivity contribution in [3.8, 4) is 11.1 Å². The standard InChI is InChI=1S/C40H21BN2OS2/c1-4-16-29-20(9-1)27-19-26-21-12-7-13-24-32-22-10-2-5-17-30(22)46-40(32)43(34(21)24)41-28-15-8-14-25-35(28)42(37(33(26)41)38(27)44-29)36-23-11-3-6-18-31(23)45-39(25)36/h1-19,36,39H. The summed E-state index contributed by atoms with van der Waals surface area (Å²) in [7, 11) is 0. The largest absolute Gasteiger partial charge is 0.454 e. The first kappa shape index (κ1) is 23.4. The molecule has 0 spiro atoms. The minimum Gasteiger partial charge on any atom is -0.454 e. The van der Waals surface area contributed by atoms with E-state index in [2.05, 4.69) is 125 Å². The number of nitrogens with zero attached hydrogens (tertiary/aromatic N) is 2. The number of aromatic nitrogens is 1. The van der Waals surface area contributed by atoms with Gasteiger partial charge in [-0.1, -0.05) is 91.0 Å². The zero-order chi connectivity index (χ0) is 29.4. The van der Waals surface area contributed by atoms with E-state index in [0.29, 0.717) is 5.25 Å². The van der Waals surface area contributed by atoms with Crippen LogP contribution in [0.4, 0.5) is 11.4 Å². The van der Waals surface area contributed by atoms with E-state index in [9.17, 15) is 0 Å². The van der Waals surface area contributed by atoms with E-state index in [1.54, 1.807) is 0 Å². The van der Waals surface area contributed by atoms with E-state index in [4.69, 9.17) is 4.42 Å². The summed E-state index contributed by atoms with van der Waals surface area (Å²) in [6.07, 6.45) is 0. The number of benzene rings is 6. The molecule has 6 aromatic carbocycles. The average molecular weight is 621 g/mol. The molecule has 0 saturated heterocycles. The van der Waals surface area contributed by atoms with Crippen molar-refractivity contribution in [2.75, 3.05) is 4.90 Å². The Labute approximate surface area is 271 Å². The van der Waals surface area contributed by atoms with Crippen LogP contribution in [0.15, 0.2) is 125 Å². The summed E-state index contributed by atoms with van der Waals surface area (Å²) in [5, 5.41) is 6.81. The second-order valence-electron chi connectivity index (χ2n) is 13.1. The van der Waals surface area contributed by atoms with Crippen LogP contribution in [0.2, 0.25) is 0 Å². The Bertz CT molecular complexity index is 2900. The molecule has 0 saturated carbocycles. The molecule has 0 amide bonds. The third kappa shape index (κ3) is 2.45. The molecule has 46 heavy (non-hydrogen) atoms. The number of fused-ring (bicyclic) bond motifs is 18. The number of thiophene rings is 1. The molecular weight excluding hydrogens is 599 g/mol. The van der Waals surface area contributed by atoms with Gasteiger partial charge < -0.3 is 13.8 Å². The third-order valence-corrected chi connectivity index (χ3v) is 13.6. The summed E-state index contributed by atoms with van der Waals surface area (Å²) < 4.78 is 11.0. The van der Waals surface area contributed by atoms with Gasteiger partial charge in [-0.3, -0.25) is 0 Å². The fourth-order valence-corrected chi connectivity index (χ4v) is 12.2. The lowest BCUT2D eigenvalue weighted by Gasteiger charge is -2.40. The highest BCUT2D eigenvalue weighted by Gasteiger charge is 2.54. The lowest BCUT2D eigenvalue weighted by Crippen LogP contribution is -2.57. The molecular formula is C40H21BN2OS2. The molecule has 2 atom stereocenters. The molecule has 6 heteroatoms. The normalized spacial score (nSPS) is 18.3. The molecule has 0 radical (unpaired) electrons. The maximum absolute atomic E-state index is 6.95. The van der Waals surface area contributed by atoms with Crippen molar-refractivity contribution in [1.82, 2.24) is 4.48 Å². The van der Waals surface area contributed by atoms with Crippen LogP contribution in [0.25, 0.3) is 64.3 Å². The van der Waals surface area contributed by atoms with Gasteiger partial charge >= 0.3 is 6.85 Å². The molecule has 0 bridgehead atoms. The summed E-state index contributed by atoms with van der Waals surface area (Å²) in [4.78, 5) is 5.45. The van der Waals surface area contributed by atoms with Gasteiger partial charge in [0, 0.05) is 53.3 Å². The SMILES string of the molecule is c1ccc2c(c1)SC1c3cccc4c3N(c3c5c(cc6c3oc3ccccc36)-c3cccc6c7c8ccccc8sc7n(c36)B45)C21. The number of hydrogen-bond donors (Lipinski definition) is 0. The van der Waals surface area contributed by atoms with Gasteiger partial charge in [0.05, 0.1) is 21.8 Å². The maximum atomic E-state index is 6.95. The Kier molecular flexibility index (Phi) is 3.93. The predicted molar refractivity (Wildman–Crippen MR) is 194 cm³/mol. The fraction of sp³-hybridized carbons (Fsp3) is 0.0500. The van der Waals surface area contributed by atoms with Crippen molar-refractivity contribution in [3.63, 3.8) is 0 Å². The maximum Gasteiger partial charge on any atom is 0.333 e. The quantitative estimate of drug-likeness (QED) is 0.158. The van der Waals surface area contributed by atoms with Gasteiger partial charge in [-0.05, 0) is 51.9 Å². The molecule has 0 N–H and O–H groups in total. The summed E-state index contributed by atoms with van der Waals surface area (Å²) in [5.74, 6) is 0.